The van der Waals surface area contributed by atoms with E-state index in [2.05, 4.69) is 39.8 Å². The molecule has 3 heterocycles. The highest BCUT2D eigenvalue weighted by atomic mass is 16.5. The van der Waals surface area contributed by atoms with Crippen LogP contribution in [0, 0.1) is 0 Å². The minimum Gasteiger partial charge on any atom is -0.395 e. The number of hydrogen-bond donors (Lipinski definition) is 4. The van der Waals surface area contributed by atoms with Gasteiger partial charge in [0.1, 0.15) is 0 Å². The van der Waals surface area contributed by atoms with Crippen molar-refractivity contribution in [3.05, 3.63) is 47.3 Å². The van der Waals surface area contributed by atoms with Crippen LogP contribution in [0.3, 0.4) is 0 Å². The summed E-state index contributed by atoms with van der Waals surface area (Å²) in [5.74, 6) is -0.336. The van der Waals surface area contributed by atoms with Gasteiger partial charge in [0.15, 0.2) is 5.65 Å². The summed E-state index contributed by atoms with van der Waals surface area (Å²) in [4.78, 5) is 33.4. The van der Waals surface area contributed by atoms with Crippen molar-refractivity contribution in [2.24, 2.45) is 0 Å². The topological polar surface area (TPSA) is 134 Å². The van der Waals surface area contributed by atoms with Crippen LogP contribution < -0.4 is 16.0 Å². The summed E-state index contributed by atoms with van der Waals surface area (Å²) in [5, 5.41) is 24.4. The van der Waals surface area contributed by atoms with Gasteiger partial charge >= 0.3 is 0 Å². The molecule has 4 rings (SSSR count). The number of aromatic nitrogens is 3. The van der Waals surface area contributed by atoms with Crippen LogP contribution >= 0.6 is 0 Å². The molecule has 0 saturated carbocycles. The number of benzene rings is 1. The first-order valence-electron chi connectivity index (χ1n) is 16.6. The lowest BCUT2D eigenvalue weighted by Crippen LogP contribution is -2.30. The Morgan fingerprint density at radius 1 is 1.07 bits per heavy atom. The summed E-state index contributed by atoms with van der Waals surface area (Å²) in [7, 11) is 2.02. The van der Waals surface area contributed by atoms with Gasteiger partial charge in [-0.05, 0) is 64.8 Å². The third-order valence-electron chi connectivity index (χ3n) is 8.47. The molecule has 2 aromatic heterocycles. The first-order valence-corrected chi connectivity index (χ1v) is 16.6. The number of aryl methyl sites for hydroxylation is 2. The largest absolute Gasteiger partial charge is 0.395 e. The highest BCUT2D eigenvalue weighted by Gasteiger charge is 2.22. The number of rotatable bonds is 18. The number of hydrogen-bond acceptors (Lipinski definition) is 8. The van der Waals surface area contributed by atoms with Crippen molar-refractivity contribution in [2.75, 3.05) is 50.6 Å². The van der Waals surface area contributed by atoms with Gasteiger partial charge in [0, 0.05) is 56.6 Å². The average Bonchev–Trinajstić information content (AvgIpc) is 3.47. The Hall–Kier alpha value is -3.54. The number of carbonyl (C=O) groups excluding carboxylic acids is 2. The molecule has 0 unspecified atom stereocenters. The van der Waals surface area contributed by atoms with Crippen molar-refractivity contribution in [2.45, 2.75) is 90.8 Å². The molecule has 1 aliphatic heterocycles. The van der Waals surface area contributed by atoms with Crippen molar-refractivity contribution in [3.8, 4) is 0 Å². The molecule has 0 spiro atoms. The van der Waals surface area contributed by atoms with Gasteiger partial charge in [-0.2, -0.15) is 5.10 Å². The van der Waals surface area contributed by atoms with Gasteiger partial charge in [0.25, 0.3) is 5.91 Å². The fourth-order valence-corrected chi connectivity index (χ4v) is 5.85. The van der Waals surface area contributed by atoms with Gasteiger partial charge in [-0.3, -0.25) is 9.59 Å². The second-order valence-corrected chi connectivity index (χ2v) is 11.8. The number of amides is 2. The van der Waals surface area contributed by atoms with E-state index >= 15 is 0 Å². The number of anilines is 2. The number of pyridine rings is 1. The zero-order valence-electron chi connectivity index (χ0n) is 27.2. The number of para-hydroxylation sites is 1. The number of likely N-dealkylation sites (N-methyl/N-ethyl adjacent to an activating group) is 1. The highest BCUT2D eigenvalue weighted by molar-refractivity contribution is 6.04. The predicted octanol–water partition coefficient (Wildman–Crippen LogP) is 4.74. The van der Waals surface area contributed by atoms with Crippen LogP contribution in [0.25, 0.3) is 11.0 Å². The van der Waals surface area contributed by atoms with E-state index < -0.39 is 0 Å². The summed E-state index contributed by atoms with van der Waals surface area (Å²) in [6, 6.07) is 7.42. The number of aliphatic hydroxyl groups is 1. The van der Waals surface area contributed by atoms with Crippen LogP contribution in [-0.4, -0.2) is 82.6 Å². The maximum atomic E-state index is 13.5. The van der Waals surface area contributed by atoms with Crippen molar-refractivity contribution < 1.29 is 19.4 Å². The quantitative estimate of drug-likeness (QED) is 0.150. The first-order chi connectivity index (χ1) is 21.9. The second kappa shape index (κ2) is 17.8. The molecule has 45 heavy (non-hydrogen) atoms. The molecule has 1 aromatic carbocycles. The lowest BCUT2D eigenvalue weighted by Gasteiger charge is -2.26. The maximum absolute atomic E-state index is 13.5. The van der Waals surface area contributed by atoms with E-state index in [4.69, 9.17) is 14.8 Å². The van der Waals surface area contributed by atoms with E-state index in [1.54, 1.807) is 12.1 Å². The van der Waals surface area contributed by atoms with Gasteiger partial charge in [-0.1, -0.05) is 38.3 Å². The Kier molecular flexibility index (Phi) is 13.6. The van der Waals surface area contributed by atoms with Gasteiger partial charge < -0.3 is 30.7 Å². The number of unbranched alkanes of at least 4 members (excludes halogenated alkanes) is 4. The van der Waals surface area contributed by atoms with Crippen molar-refractivity contribution in [1.82, 2.24) is 25.0 Å². The van der Waals surface area contributed by atoms with Gasteiger partial charge in [0.2, 0.25) is 5.91 Å². The number of nitrogens with zero attached hydrogens (tertiary/aromatic N) is 4. The number of aliphatic hydroxyl groups excluding tert-OH is 1. The molecule has 11 nitrogen and oxygen atoms in total. The Morgan fingerprint density at radius 3 is 2.58 bits per heavy atom. The molecule has 1 aliphatic rings. The minimum absolute atomic E-state index is 0.0864. The van der Waals surface area contributed by atoms with Crippen LogP contribution in [0.1, 0.15) is 86.8 Å². The Morgan fingerprint density at radius 2 is 1.82 bits per heavy atom. The van der Waals surface area contributed by atoms with E-state index in [0.29, 0.717) is 37.2 Å². The maximum Gasteiger partial charge on any atom is 0.253 e. The van der Waals surface area contributed by atoms with Crippen LogP contribution in [0.15, 0.2) is 30.5 Å². The lowest BCUT2D eigenvalue weighted by atomic mass is 10.0. The standard InChI is InChI=1S/C34H51N7O4/c1-4-29-27(32(37-25-16-21-45-22-17-25)28-24-36-41(5-2)33(28)39-29)23-35-34(44)26-13-10-11-14-30(26)38-31(43)15-9-7-6-8-12-18-40(3)19-20-42/h10-11,13-14,24-25,42H,4-9,12,15-23H2,1-3H3,(H,35,44)(H,37,39)(H,38,43). The molecule has 1 fully saturated rings. The van der Waals surface area contributed by atoms with Gasteiger partial charge in [0.05, 0.1) is 35.1 Å². The van der Waals surface area contributed by atoms with E-state index in [9.17, 15) is 9.59 Å². The third-order valence-corrected chi connectivity index (χ3v) is 8.47. The smallest absolute Gasteiger partial charge is 0.253 e. The summed E-state index contributed by atoms with van der Waals surface area (Å²) in [5.41, 5.74) is 4.65. The Balaban J connectivity index is 1.38. The van der Waals surface area contributed by atoms with Crippen LogP contribution in [0.2, 0.25) is 0 Å². The highest BCUT2D eigenvalue weighted by Crippen LogP contribution is 2.31. The number of nitrogens with one attached hydrogen (secondary N) is 3. The molecule has 246 valence electrons. The molecular weight excluding hydrogens is 570 g/mol. The first kappa shape index (κ1) is 34.3. The molecule has 0 bridgehead atoms. The molecule has 1 saturated heterocycles. The fraction of sp³-hybridized carbons (Fsp3) is 0.588. The van der Waals surface area contributed by atoms with E-state index in [1.807, 2.05) is 30.1 Å². The molecule has 0 radical (unpaired) electrons. The number of ether oxygens (including phenoxy) is 1. The number of fused-ring (bicyclic) bond motifs is 1. The SMILES string of the molecule is CCc1nc2c(cnn2CC)c(NC2CCOCC2)c1CNC(=O)c1ccccc1NC(=O)CCCCCCCN(C)CCO. The van der Waals surface area contributed by atoms with Crippen LogP contribution in [-0.2, 0) is 29.0 Å². The fourth-order valence-electron chi connectivity index (χ4n) is 5.85. The monoisotopic (exact) mass is 621 g/mol. The average molecular weight is 622 g/mol. The Labute approximate surface area is 267 Å². The van der Waals surface area contributed by atoms with E-state index in [0.717, 1.165) is 99.2 Å². The molecule has 4 N–H and O–H groups in total. The molecule has 0 atom stereocenters. The Bertz CT molecular complexity index is 1390. The summed E-state index contributed by atoms with van der Waals surface area (Å²) in [6.45, 7) is 8.45. The third kappa shape index (κ3) is 9.72. The van der Waals surface area contributed by atoms with E-state index in [1.165, 1.54) is 0 Å². The summed E-state index contributed by atoms with van der Waals surface area (Å²) >= 11 is 0. The van der Waals surface area contributed by atoms with Crippen LogP contribution in [0.5, 0.6) is 0 Å². The second-order valence-electron chi connectivity index (χ2n) is 11.8. The number of carbonyl (C=O) groups is 2. The van der Waals surface area contributed by atoms with Crippen molar-refractivity contribution >= 4 is 34.2 Å². The normalized spacial score (nSPS) is 13.8. The van der Waals surface area contributed by atoms with Gasteiger partial charge in [-0.25, -0.2) is 9.67 Å². The zero-order chi connectivity index (χ0) is 32.0. The molecule has 11 heteroatoms. The lowest BCUT2D eigenvalue weighted by molar-refractivity contribution is -0.116. The molecule has 0 aliphatic carbocycles. The van der Waals surface area contributed by atoms with Crippen molar-refractivity contribution in [1.29, 1.82) is 0 Å². The van der Waals surface area contributed by atoms with Crippen LogP contribution in [0.4, 0.5) is 11.4 Å². The van der Waals surface area contributed by atoms with Gasteiger partial charge in [-0.15, -0.1) is 0 Å². The molecule has 2 amide bonds. The summed E-state index contributed by atoms with van der Waals surface area (Å²) < 4.78 is 7.49. The summed E-state index contributed by atoms with van der Waals surface area (Å²) in [6.07, 6.45) is 9.87. The molecular formula is C34H51N7O4. The van der Waals surface area contributed by atoms with E-state index in [-0.39, 0.29) is 24.5 Å². The zero-order valence-corrected chi connectivity index (χ0v) is 27.2. The predicted molar refractivity (Wildman–Crippen MR) is 179 cm³/mol. The minimum atomic E-state index is -0.250. The van der Waals surface area contributed by atoms with Crippen molar-refractivity contribution in [3.63, 3.8) is 0 Å². The molecule has 3 aromatic rings.